The topological polar surface area (TPSA) is 81.9 Å². The van der Waals surface area contributed by atoms with E-state index in [1.54, 1.807) is 4.68 Å². The van der Waals surface area contributed by atoms with Crippen molar-refractivity contribution >= 4 is 23.4 Å². The fraction of sp³-hybridized carbons (Fsp3) is 0.130. The normalized spacial score (nSPS) is 10.6. The van der Waals surface area contributed by atoms with Gasteiger partial charge in [0.25, 0.3) is 0 Å². The molecular weight excluding hydrogens is 410 g/mol. The molecule has 0 fully saturated rings. The van der Waals surface area contributed by atoms with E-state index in [9.17, 15) is 4.79 Å². The Bertz CT molecular complexity index is 1150. The predicted octanol–water partition coefficient (Wildman–Crippen LogP) is 4.28. The van der Waals surface area contributed by atoms with Gasteiger partial charge in [-0.3, -0.25) is 4.79 Å². The number of anilines is 1. The number of amides is 1. The molecule has 31 heavy (non-hydrogen) atoms. The van der Waals surface area contributed by atoms with E-state index in [0.29, 0.717) is 17.5 Å². The molecule has 4 rings (SSSR count). The van der Waals surface area contributed by atoms with Gasteiger partial charge in [-0.1, -0.05) is 54.2 Å². The van der Waals surface area contributed by atoms with Gasteiger partial charge in [0.15, 0.2) is 0 Å². The first kappa shape index (κ1) is 20.6. The monoisotopic (exact) mass is 431 g/mol. The number of benzene rings is 3. The lowest BCUT2D eigenvalue weighted by Gasteiger charge is -2.09. The van der Waals surface area contributed by atoms with E-state index in [1.165, 1.54) is 11.8 Å². The zero-order valence-electron chi connectivity index (χ0n) is 16.9. The Labute approximate surface area is 184 Å². The summed E-state index contributed by atoms with van der Waals surface area (Å²) < 4.78 is 7.40. The minimum Gasteiger partial charge on any atom is -0.489 e. The molecule has 0 radical (unpaired) electrons. The summed E-state index contributed by atoms with van der Waals surface area (Å²) in [6.07, 6.45) is 0. The molecule has 0 saturated carbocycles. The summed E-state index contributed by atoms with van der Waals surface area (Å²) in [5, 5.41) is 15.2. The van der Waals surface area contributed by atoms with Crippen LogP contribution in [0.5, 0.6) is 5.75 Å². The van der Waals surface area contributed by atoms with Gasteiger partial charge in [-0.05, 0) is 64.9 Å². The average Bonchev–Trinajstić information content (AvgIpc) is 3.27. The van der Waals surface area contributed by atoms with Crippen molar-refractivity contribution in [3.63, 3.8) is 0 Å². The number of carbonyl (C=O) groups is 1. The highest BCUT2D eigenvalue weighted by Gasteiger charge is 2.12. The van der Waals surface area contributed by atoms with Gasteiger partial charge in [-0.15, -0.1) is 5.10 Å². The van der Waals surface area contributed by atoms with Crippen LogP contribution in [0.15, 0.2) is 84.0 Å². The fourth-order valence-electron chi connectivity index (χ4n) is 2.89. The second kappa shape index (κ2) is 9.90. The minimum absolute atomic E-state index is 0.137. The highest BCUT2D eigenvalue weighted by atomic mass is 32.2. The number of hydrogen-bond acceptors (Lipinski definition) is 6. The number of tetrazole rings is 1. The molecular formula is C23H21N5O2S. The molecule has 1 N–H and O–H groups in total. The van der Waals surface area contributed by atoms with Crippen molar-refractivity contribution in [3.05, 3.63) is 90.0 Å². The highest BCUT2D eigenvalue weighted by molar-refractivity contribution is 7.99. The molecule has 0 unspecified atom stereocenters. The predicted molar refractivity (Wildman–Crippen MR) is 120 cm³/mol. The van der Waals surface area contributed by atoms with Crippen LogP contribution in [-0.2, 0) is 11.4 Å². The number of thioether (sulfide) groups is 1. The summed E-state index contributed by atoms with van der Waals surface area (Å²) in [4.78, 5) is 12.4. The molecule has 1 heterocycles. The van der Waals surface area contributed by atoms with Crippen LogP contribution in [0.2, 0.25) is 0 Å². The van der Waals surface area contributed by atoms with E-state index >= 15 is 0 Å². The zero-order chi connectivity index (χ0) is 21.5. The van der Waals surface area contributed by atoms with Crippen LogP contribution in [0, 0.1) is 6.92 Å². The number of nitrogens with one attached hydrogen (secondary N) is 1. The molecule has 156 valence electrons. The quantitative estimate of drug-likeness (QED) is 0.419. The van der Waals surface area contributed by atoms with Crippen molar-refractivity contribution in [3.8, 4) is 11.4 Å². The average molecular weight is 432 g/mol. The molecule has 0 atom stereocenters. The van der Waals surface area contributed by atoms with E-state index in [2.05, 4.69) is 20.8 Å². The van der Waals surface area contributed by atoms with Gasteiger partial charge in [0, 0.05) is 5.69 Å². The number of rotatable bonds is 8. The lowest BCUT2D eigenvalue weighted by molar-refractivity contribution is -0.113. The zero-order valence-corrected chi connectivity index (χ0v) is 17.7. The number of hydrogen-bond donors (Lipinski definition) is 1. The van der Waals surface area contributed by atoms with Crippen molar-refractivity contribution in [1.29, 1.82) is 0 Å². The van der Waals surface area contributed by atoms with Crippen molar-refractivity contribution in [2.75, 3.05) is 11.1 Å². The van der Waals surface area contributed by atoms with Crippen LogP contribution in [0.3, 0.4) is 0 Å². The van der Waals surface area contributed by atoms with Crippen molar-refractivity contribution in [1.82, 2.24) is 20.2 Å². The molecule has 7 nitrogen and oxygen atoms in total. The van der Waals surface area contributed by atoms with Crippen molar-refractivity contribution in [2.24, 2.45) is 0 Å². The van der Waals surface area contributed by atoms with Crippen molar-refractivity contribution in [2.45, 2.75) is 18.7 Å². The lowest BCUT2D eigenvalue weighted by atomic mass is 10.2. The first-order chi connectivity index (χ1) is 15.2. The van der Waals surface area contributed by atoms with Crippen LogP contribution in [-0.4, -0.2) is 31.9 Å². The van der Waals surface area contributed by atoms with Gasteiger partial charge in [0.1, 0.15) is 12.4 Å². The summed E-state index contributed by atoms with van der Waals surface area (Å²) in [7, 11) is 0. The fourth-order valence-corrected chi connectivity index (χ4v) is 3.58. The lowest BCUT2D eigenvalue weighted by Crippen LogP contribution is -2.14. The van der Waals surface area contributed by atoms with Crippen LogP contribution in [0.4, 0.5) is 5.69 Å². The van der Waals surface area contributed by atoms with Crippen LogP contribution in [0.1, 0.15) is 11.1 Å². The Morgan fingerprint density at radius 3 is 2.61 bits per heavy atom. The number of nitrogens with zero attached hydrogens (tertiary/aromatic N) is 4. The largest absolute Gasteiger partial charge is 0.489 e. The SMILES string of the molecule is Cc1cccc(-n2nnnc2SCC(=O)Nc2ccc(OCc3ccccc3)cc2)c1. The molecule has 0 saturated heterocycles. The van der Waals surface area contributed by atoms with E-state index in [-0.39, 0.29) is 11.7 Å². The van der Waals surface area contributed by atoms with Gasteiger partial charge >= 0.3 is 0 Å². The maximum atomic E-state index is 12.4. The molecule has 1 amide bonds. The molecule has 0 aliphatic carbocycles. The third-order valence-corrected chi connectivity index (χ3v) is 5.33. The summed E-state index contributed by atoms with van der Waals surface area (Å²) in [5.74, 6) is 0.800. The van der Waals surface area contributed by atoms with Gasteiger partial charge in [-0.25, -0.2) is 0 Å². The second-order valence-corrected chi connectivity index (χ2v) is 7.79. The minimum atomic E-state index is -0.137. The molecule has 8 heteroatoms. The summed E-state index contributed by atoms with van der Waals surface area (Å²) in [5.41, 5.74) is 3.78. The molecule has 3 aromatic carbocycles. The standard InChI is InChI=1S/C23H21N5O2S/c1-17-6-5-9-20(14-17)28-23(25-26-27-28)31-16-22(29)24-19-10-12-21(13-11-19)30-15-18-7-3-2-4-8-18/h2-14H,15-16H2,1H3,(H,24,29). The molecule has 0 spiro atoms. The summed E-state index contributed by atoms with van der Waals surface area (Å²) in [6.45, 7) is 2.50. The molecule has 0 bridgehead atoms. The van der Waals surface area contributed by atoms with Gasteiger partial charge in [-0.2, -0.15) is 4.68 Å². The molecule has 0 aliphatic rings. The Morgan fingerprint density at radius 1 is 1.03 bits per heavy atom. The Balaban J connectivity index is 1.29. The smallest absolute Gasteiger partial charge is 0.234 e. The van der Waals surface area contributed by atoms with E-state index in [1.807, 2.05) is 85.8 Å². The molecule has 1 aromatic heterocycles. The summed E-state index contributed by atoms with van der Waals surface area (Å²) in [6, 6.07) is 25.1. The van der Waals surface area contributed by atoms with E-state index in [4.69, 9.17) is 4.74 Å². The van der Waals surface area contributed by atoms with E-state index < -0.39 is 0 Å². The van der Waals surface area contributed by atoms with Crippen LogP contribution >= 0.6 is 11.8 Å². The Kier molecular flexibility index (Phi) is 6.59. The van der Waals surface area contributed by atoms with Crippen molar-refractivity contribution < 1.29 is 9.53 Å². The Hall–Kier alpha value is -3.65. The second-order valence-electron chi connectivity index (χ2n) is 6.85. The first-order valence-electron chi connectivity index (χ1n) is 9.72. The molecule has 0 aliphatic heterocycles. The number of aryl methyl sites for hydroxylation is 1. The van der Waals surface area contributed by atoms with Gasteiger partial charge < -0.3 is 10.1 Å². The highest BCUT2D eigenvalue weighted by Crippen LogP contribution is 2.20. The number of carbonyl (C=O) groups excluding carboxylic acids is 1. The van der Waals surface area contributed by atoms with Crippen LogP contribution in [0.25, 0.3) is 5.69 Å². The van der Waals surface area contributed by atoms with E-state index in [0.717, 1.165) is 22.6 Å². The first-order valence-corrected chi connectivity index (χ1v) is 10.7. The molecule has 4 aromatic rings. The maximum Gasteiger partial charge on any atom is 0.234 e. The van der Waals surface area contributed by atoms with Gasteiger partial charge in [0.2, 0.25) is 11.1 Å². The maximum absolute atomic E-state index is 12.4. The third kappa shape index (κ3) is 5.70. The van der Waals surface area contributed by atoms with Gasteiger partial charge in [0.05, 0.1) is 11.4 Å². The Morgan fingerprint density at radius 2 is 1.84 bits per heavy atom. The number of aromatic nitrogens is 4. The third-order valence-electron chi connectivity index (χ3n) is 4.41. The van der Waals surface area contributed by atoms with Crippen LogP contribution < -0.4 is 10.1 Å². The number of ether oxygens (including phenoxy) is 1. The summed E-state index contributed by atoms with van der Waals surface area (Å²) >= 11 is 1.28.